The monoisotopic (exact) mass is 655 g/mol. The molecular weight excluding hydrogens is 622 g/mol. The summed E-state index contributed by atoms with van der Waals surface area (Å²) >= 11 is 0. The molecule has 0 fully saturated rings. The maximum atomic E-state index is 14.2. The molecule has 1 heterocycles. The van der Waals surface area contributed by atoms with E-state index in [0.717, 1.165) is 56.2 Å². The van der Waals surface area contributed by atoms with Crippen molar-refractivity contribution >= 4 is 43.7 Å². The Morgan fingerprint density at radius 3 is 2.00 bits per heavy atom. The zero-order chi connectivity index (χ0) is 34.3. The summed E-state index contributed by atoms with van der Waals surface area (Å²) in [6.07, 6.45) is 9.38. The lowest BCUT2D eigenvalue weighted by Gasteiger charge is -2.15. The van der Waals surface area contributed by atoms with E-state index < -0.39 is 0 Å². The first kappa shape index (κ1) is 30.5. The Morgan fingerprint density at radius 1 is 0.529 bits per heavy atom. The Morgan fingerprint density at radius 2 is 1.18 bits per heavy atom. The van der Waals surface area contributed by atoms with Gasteiger partial charge in [0.1, 0.15) is 5.82 Å². The van der Waals surface area contributed by atoms with Crippen LogP contribution in [0.3, 0.4) is 0 Å². The Bertz CT molecular complexity index is 2820. The summed E-state index contributed by atoms with van der Waals surface area (Å²) < 4.78 is 16.5. The van der Waals surface area contributed by atoms with Gasteiger partial charge in [0.05, 0.1) is 11.0 Å². The van der Waals surface area contributed by atoms with Gasteiger partial charge in [0.2, 0.25) is 0 Å². The van der Waals surface area contributed by atoms with Crippen LogP contribution in [0.2, 0.25) is 0 Å². The number of hydrogen-bond donors (Lipinski definition) is 0. The molecule has 0 atom stereocenters. The van der Waals surface area contributed by atoms with E-state index in [-0.39, 0.29) is 5.82 Å². The third kappa shape index (κ3) is 5.42. The molecule has 0 N–H and O–H groups in total. The molecule has 0 saturated carbocycles. The second-order valence-electron chi connectivity index (χ2n) is 13.1. The van der Waals surface area contributed by atoms with Gasteiger partial charge >= 0.3 is 0 Å². The number of hydrogen-bond acceptors (Lipinski definition) is 0. The summed E-state index contributed by atoms with van der Waals surface area (Å²) in [5.74, 6) is -0.224. The van der Waals surface area contributed by atoms with Gasteiger partial charge in [0.15, 0.2) is 0 Å². The Kier molecular flexibility index (Phi) is 7.63. The molecule has 1 nitrogen and oxygen atoms in total. The van der Waals surface area contributed by atoms with Crippen molar-refractivity contribution in [2.75, 3.05) is 0 Å². The maximum absolute atomic E-state index is 14.2. The third-order valence-corrected chi connectivity index (χ3v) is 10.1. The van der Waals surface area contributed by atoms with Gasteiger partial charge in [-0.1, -0.05) is 152 Å². The van der Waals surface area contributed by atoms with Crippen molar-refractivity contribution in [3.63, 3.8) is 0 Å². The van der Waals surface area contributed by atoms with Crippen LogP contribution in [0.15, 0.2) is 194 Å². The molecule has 8 aromatic rings. The van der Waals surface area contributed by atoms with Crippen LogP contribution >= 0.6 is 0 Å². The highest BCUT2D eigenvalue weighted by Gasteiger charge is 2.15. The summed E-state index contributed by atoms with van der Waals surface area (Å²) in [7, 11) is 0. The van der Waals surface area contributed by atoms with Gasteiger partial charge in [-0.3, -0.25) is 0 Å². The quantitative estimate of drug-likeness (QED) is 0.178. The molecule has 51 heavy (non-hydrogen) atoms. The molecule has 1 aliphatic rings. The summed E-state index contributed by atoms with van der Waals surface area (Å²) in [4.78, 5) is 0. The summed E-state index contributed by atoms with van der Waals surface area (Å²) in [6.45, 7) is 4.57. The minimum atomic E-state index is -0.224. The number of para-hydroxylation sites is 1. The normalized spacial score (nSPS) is 16.7. The number of aromatic nitrogens is 1. The van der Waals surface area contributed by atoms with Crippen molar-refractivity contribution in [3.8, 4) is 16.8 Å². The second kappa shape index (κ2) is 12.7. The summed E-state index contributed by atoms with van der Waals surface area (Å²) in [5.41, 5.74) is 11.2. The Labute approximate surface area is 296 Å². The van der Waals surface area contributed by atoms with Gasteiger partial charge < -0.3 is 4.57 Å². The van der Waals surface area contributed by atoms with E-state index in [2.05, 4.69) is 163 Å². The highest BCUT2D eigenvalue weighted by Crippen LogP contribution is 2.34. The molecule has 0 amide bonds. The van der Waals surface area contributed by atoms with Gasteiger partial charge in [-0.25, -0.2) is 4.39 Å². The van der Waals surface area contributed by atoms with Crippen molar-refractivity contribution in [2.24, 2.45) is 0 Å². The lowest BCUT2D eigenvalue weighted by molar-refractivity contribution is 0.629. The van der Waals surface area contributed by atoms with E-state index in [4.69, 9.17) is 0 Å². The first-order valence-corrected chi connectivity index (χ1v) is 17.4. The zero-order valence-electron chi connectivity index (χ0n) is 28.1. The molecule has 0 spiro atoms. The molecule has 0 unspecified atom stereocenters. The lowest BCUT2D eigenvalue weighted by Crippen LogP contribution is -2.30. The maximum Gasteiger partial charge on any atom is 0.123 e. The van der Waals surface area contributed by atoms with Crippen LogP contribution in [0.5, 0.6) is 0 Å². The van der Waals surface area contributed by atoms with Gasteiger partial charge in [-0.15, -0.1) is 0 Å². The van der Waals surface area contributed by atoms with Crippen molar-refractivity contribution in [1.82, 2.24) is 4.57 Å². The summed E-state index contributed by atoms with van der Waals surface area (Å²) in [6, 6.07) is 54.7. The smallest absolute Gasteiger partial charge is 0.123 e. The number of fused-ring (bicyclic) bond motifs is 5. The largest absolute Gasteiger partial charge is 0.309 e. The van der Waals surface area contributed by atoms with Crippen LogP contribution in [-0.2, 0) is 0 Å². The van der Waals surface area contributed by atoms with Crippen molar-refractivity contribution in [3.05, 3.63) is 222 Å². The number of halogens is 1. The van der Waals surface area contributed by atoms with Gasteiger partial charge in [0.25, 0.3) is 0 Å². The van der Waals surface area contributed by atoms with Crippen LogP contribution in [0.4, 0.5) is 4.39 Å². The average molecular weight is 656 g/mol. The van der Waals surface area contributed by atoms with E-state index in [9.17, 15) is 4.39 Å². The van der Waals surface area contributed by atoms with Crippen molar-refractivity contribution < 1.29 is 4.39 Å². The molecule has 2 heteroatoms. The summed E-state index contributed by atoms with van der Waals surface area (Å²) in [5, 5.41) is 6.79. The molecule has 242 valence electrons. The van der Waals surface area contributed by atoms with Crippen LogP contribution in [-0.4, -0.2) is 4.57 Å². The number of allylic oxidation sites excluding steroid dienone is 5. The molecule has 1 aromatic heterocycles. The molecule has 0 bridgehead atoms. The fourth-order valence-corrected chi connectivity index (χ4v) is 7.69. The minimum Gasteiger partial charge on any atom is -0.309 e. The second-order valence-corrected chi connectivity index (χ2v) is 13.1. The molecule has 1 aliphatic carbocycles. The van der Waals surface area contributed by atoms with E-state index in [1.165, 1.54) is 44.0 Å². The zero-order valence-corrected chi connectivity index (χ0v) is 28.1. The fraction of sp³-hybridized carbons (Fsp3) is 0.0204. The van der Waals surface area contributed by atoms with Crippen LogP contribution in [0, 0.1) is 5.82 Å². The van der Waals surface area contributed by atoms with Crippen molar-refractivity contribution in [1.29, 1.82) is 0 Å². The van der Waals surface area contributed by atoms with E-state index in [1.54, 1.807) is 6.07 Å². The van der Waals surface area contributed by atoms with Crippen LogP contribution in [0.1, 0.15) is 17.5 Å². The van der Waals surface area contributed by atoms with E-state index in [1.807, 2.05) is 18.2 Å². The topological polar surface area (TPSA) is 4.93 Å². The molecule has 0 saturated heterocycles. The molecule has 0 aliphatic heterocycles. The first-order valence-electron chi connectivity index (χ1n) is 17.4. The predicted octanol–water partition coefficient (Wildman–Crippen LogP) is 11.2. The van der Waals surface area contributed by atoms with Gasteiger partial charge in [0, 0.05) is 16.5 Å². The third-order valence-electron chi connectivity index (χ3n) is 10.1. The molecule has 9 rings (SSSR count). The minimum absolute atomic E-state index is 0.224. The number of benzene rings is 7. The highest BCUT2D eigenvalue weighted by atomic mass is 19.1. The molecule has 0 radical (unpaired) electrons. The average Bonchev–Trinajstić information content (AvgIpc) is 3.50. The molecule has 7 aromatic carbocycles. The first-order chi connectivity index (χ1) is 25.1. The van der Waals surface area contributed by atoms with Gasteiger partial charge in [-0.05, 0) is 103 Å². The Balaban J connectivity index is 1.15. The molecular formula is C49H34FN. The highest BCUT2D eigenvalue weighted by molar-refractivity contribution is 6.09. The Hall–Kier alpha value is -6.51. The van der Waals surface area contributed by atoms with Crippen LogP contribution < -0.4 is 10.4 Å². The van der Waals surface area contributed by atoms with Crippen LogP contribution in [0.25, 0.3) is 60.5 Å². The van der Waals surface area contributed by atoms with E-state index in [0.29, 0.717) is 0 Å². The standard InChI is InChI=1S/C49H34FN/c1-33-12-3-2-4-15-40(42-17-7-8-19-45(42)49(33)44-20-11-14-36-13-5-6-16-41(36)44)37-24-22-34(23-25-37)35-26-29-39(30-27-35)51-47-21-10-9-18-43(47)46-32-38(50)28-31-48(46)51/h2-14,16-32H,1,15H2/b4-2-,12-3-,42-40+,49-45+. The SMILES string of the molecule is C=C1/C=C\C=C/C/C(c2ccc(-c3ccc(-n4c5ccccc5c5cc(F)ccc54)cc3)cc2)=c2/cccc/c2=C/1c1cccc2ccccc12. The fourth-order valence-electron chi connectivity index (χ4n) is 7.69. The lowest BCUT2D eigenvalue weighted by atomic mass is 9.89. The van der Waals surface area contributed by atoms with Gasteiger partial charge in [-0.2, -0.15) is 0 Å². The predicted molar refractivity (Wildman–Crippen MR) is 213 cm³/mol. The number of nitrogens with zero attached hydrogens (tertiary/aromatic N) is 1. The number of rotatable bonds is 4. The van der Waals surface area contributed by atoms with Crippen molar-refractivity contribution in [2.45, 2.75) is 6.42 Å². The van der Waals surface area contributed by atoms with E-state index >= 15 is 0 Å².